The lowest BCUT2D eigenvalue weighted by Crippen LogP contribution is -2.49. The molecule has 1 amide bonds. The Morgan fingerprint density at radius 3 is 2.25 bits per heavy atom. The van der Waals surface area contributed by atoms with Crippen LogP contribution in [0.3, 0.4) is 0 Å². The first-order valence-electron chi connectivity index (χ1n) is 7.75. The van der Waals surface area contributed by atoms with Crippen molar-refractivity contribution in [3.63, 3.8) is 0 Å². The monoisotopic (exact) mass is 366 g/mol. The first kappa shape index (κ1) is 17.1. The van der Waals surface area contributed by atoms with Crippen molar-refractivity contribution in [1.82, 2.24) is 4.90 Å². The van der Waals surface area contributed by atoms with Gasteiger partial charge in [-0.25, -0.2) is 4.39 Å². The summed E-state index contributed by atoms with van der Waals surface area (Å²) >= 11 is 12.1. The molecule has 1 heterocycles. The molecule has 1 aliphatic heterocycles. The number of carbonyl (C=O) groups excluding carboxylic acids is 1. The fourth-order valence-corrected chi connectivity index (χ4v) is 3.37. The molecule has 1 saturated heterocycles. The molecule has 0 spiro atoms. The van der Waals surface area contributed by atoms with Gasteiger partial charge in [0, 0.05) is 41.9 Å². The first-order chi connectivity index (χ1) is 11.5. The summed E-state index contributed by atoms with van der Waals surface area (Å²) in [6.07, 6.45) is 0.0929. The van der Waals surface area contributed by atoms with Crippen LogP contribution >= 0.6 is 23.2 Å². The SMILES string of the molecule is O=C(Cc1ccccc1F)N1CCN(c2cc(Cl)cc(Cl)c2)CC1. The number of carbonyl (C=O) groups is 1. The molecule has 3 nitrogen and oxygen atoms in total. The maximum absolute atomic E-state index is 13.7. The standard InChI is InChI=1S/C18H17Cl2FN2O/c19-14-10-15(20)12-16(11-14)22-5-7-23(8-6-22)18(24)9-13-3-1-2-4-17(13)21/h1-4,10-12H,5-9H2. The third-order valence-electron chi connectivity index (χ3n) is 4.14. The second-order valence-corrected chi connectivity index (χ2v) is 6.64. The minimum absolute atomic E-state index is 0.0520. The first-order valence-corrected chi connectivity index (χ1v) is 8.51. The molecule has 2 aromatic rings. The van der Waals surface area contributed by atoms with Crippen LogP contribution in [0.4, 0.5) is 10.1 Å². The van der Waals surface area contributed by atoms with Crippen molar-refractivity contribution in [3.05, 3.63) is 63.9 Å². The number of anilines is 1. The molecule has 0 unspecified atom stereocenters. The zero-order valence-corrected chi connectivity index (χ0v) is 14.5. The predicted molar refractivity (Wildman–Crippen MR) is 95.4 cm³/mol. The van der Waals surface area contributed by atoms with Crippen molar-refractivity contribution < 1.29 is 9.18 Å². The van der Waals surface area contributed by atoms with Crippen LogP contribution in [-0.4, -0.2) is 37.0 Å². The maximum atomic E-state index is 13.7. The van der Waals surface area contributed by atoms with Crippen LogP contribution in [0.1, 0.15) is 5.56 Å². The zero-order chi connectivity index (χ0) is 17.1. The van der Waals surface area contributed by atoms with E-state index < -0.39 is 0 Å². The minimum atomic E-state index is -0.335. The third kappa shape index (κ3) is 4.00. The number of nitrogens with zero attached hydrogens (tertiary/aromatic N) is 2. The van der Waals surface area contributed by atoms with Crippen molar-refractivity contribution in [1.29, 1.82) is 0 Å². The van der Waals surface area contributed by atoms with Gasteiger partial charge in [0.1, 0.15) is 5.82 Å². The van der Waals surface area contributed by atoms with Crippen molar-refractivity contribution >= 4 is 34.8 Å². The second-order valence-electron chi connectivity index (χ2n) is 5.76. The summed E-state index contributed by atoms with van der Waals surface area (Å²) in [5.41, 5.74) is 1.39. The fourth-order valence-electron chi connectivity index (χ4n) is 2.85. The lowest BCUT2D eigenvalue weighted by atomic mass is 10.1. The highest BCUT2D eigenvalue weighted by atomic mass is 35.5. The molecule has 0 saturated carbocycles. The van der Waals surface area contributed by atoms with Gasteiger partial charge in [-0.3, -0.25) is 4.79 Å². The molecule has 126 valence electrons. The van der Waals surface area contributed by atoms with Gasteiger partial charge in [0.2, 0.25) is 5.91 Å². The molecule has 0 radical (unpaired) electrons. The molecular formula is C18H17Cl2FN2O. The van der Waals surface area contributed by atoms with Gasteiger partial charge in [0.15, 0.2) is 0 Å². The summed E-state index contributed by atoms with van der Waals surface area (Å²) in [6, 6.07) is 11.8. The van der Waals surface area contributed by atoms with Gasteiger partial charge in [0.05, 0.1) is 6.42 Å². The third-order valence-corrected chi connectivity index (χ3v) is 4.58. The number of rotatable bonds is 3. The molecule has 3 rings (SSSR count). The predicted octanol–water partition coefficient (Wildman–Crippen LogP) is 4.02. The fraction of sp³-hybridized carbons (Fsp3) is 0.278. The summed E-state index contributed by atoms with van der Waals surface area (Å²) in [6.45, 7) is 2.58. The summed E-state index contributed by atoms with van der Waals surface area (Å²) in [4.78, 5) is 16.3. The van der Waals surface area contributed by atoms with Crippen molar-refractivity contribution in [2.24, 2.45) is 0 Å². The van der Waals surface area contributed by atoms with E-state index in [-0.39, 0.29) is 18.1 Å². The summed E-state index contributed by atoms with van der Waals surface area (Å²) in [5, 5.41) is 1.19. The number of halogens is 3. The van der Waals surface area contributed by atoms with Crippen molar-refractivity contribution in [2.45, 2.75) is 6.42 Å². The van der Waals surface area contributed by atoms with E-state index in [4.69, 9.17) is 23.2 Å². The van der Waals surface area contributed by atoms with E-state index in [1.165, 1.54) is 6.07 Å². The van der Waals surface area contributed by atoms with Gasteiger partial charge in [-0.05, 0) is 29.8 Å². The van der Waals surface area contributed by atoms with E-state index >= 15 is 0 Å². The number of hydrogen-bond acceptors (Lipinski definition) is 2. The average Bonchev–Trinajstić information content (AvgIpc) is 2.56. The van der Waals surface area contributed by atoms with Crippen LogP contribution in [0.25, 0.3) is 0 Å². The highest BCUT2D eigenvalue weighted by Gasteiger charge is 2.22. The quantitative estimate of drug-likeness (QED) is 0.818. The van der Waals surface area contributed by atoms with Crippen molar-refractivity contribution in [2.75, 3.05) is 31.1 Å². The second kappa shape index (κ2) is 7.41. The van der Waals surface area contributed by atoms with E-state index in [1.807, 2.05) is 12.1 Å². The smallest absolute Gasteiger partial charge is 0.227 e. The molecule has 0 aliphatic carbocycles. The largest absolute Gasteiger partial charge is 0.368 e. The highest BCUT2D eigenvalue weighted by Crippen LogP contribution is 2.26. The molecule has 1 fully saturated rings. The molecule has 1 aliphatic rings. The van der Waals surface area contributed by atoms with Crippen LogP contribution < -0.4 is 4.90 Å². The lowest BCUT2D eigenvalue weighted by molar-refractivity contribution is -0.130. The summed E-state index contributed by atoms with van der Waals surface area (Å²) in [5.74, 6) is -0.387. The normalized spacial score (nSPS) is 14.8. The average molecular weight is 367 g/mol. The Bertz CT molecular complexity index is 725. The molecule has 2 aromatic carbocycles. The lowest BCUT2D eigenvalue weighted by Gasteiger charge is -2.36. The van der Waals surface area contributed by atoms with Crippen LogP contribution in [-0.2, 0) is 11.2 Å². The Hall–Kier alpha value is -1.78. The topological polar surface area (TPSA) is 23.6 Å². The Morgan fingerprint density at radius 2 is 1.62 bits per heavy atom. The van der Waals surface area contributed by atoms with E-state index in [1.54, 1.807) is 29.2 Å². The van der Waals surface area contributed by atoms with Gasteiger partial charge >= 0.3 is 0 Å². The number of benzene rings is 2. The minimum Gasteiger partial charge on any atom is -0.368 e. The Balaban J connectivity index is 1.60. The molecular weight excluding hydrogens is 350 g/mol. The molecule has 0 N–H and O–H groups in total. The van der Waals surface area contributed by atoms with Gasteiger partial charge in [-0.1, -0.05) is 41.4 Å². The highest BCUT2D eigenvalue weighted by molar-refractivity contribution is 6.35. The van der Waals surface area contributed by atoms with E-state index in [2.05, 4.69) is 4.90 Å². The molecule has 0 aromatic heterocycles. The van der Waals surface area contributed by atoms with Crippen LogP contribution in [0.2, 0.25) is 10.0 Å². The zero-order valence-electron chi connectivity index (χ0n) is 13.0. The molecule has 0 atom stereocenters. The Kier molecular flexibility index (Phi) is 5.27. The van der Waals surface area contributed by atoms with Gasteiger partial charge in [-0.2, -0.15) is 0 Å². The van der Waals surface area contributed by atoms with Gasteiger partial charge < -0.3 is 9.80 Å². The number of piperazine rings is 1. The number of hydrogen-bond donors (Lipinski definition) is 0. The van der Waals surface area contributed by atoms with Gasteiger partial charge in [-0.15, -0.1) is 0 Å². The number of amides is 1. The molecule has 6 heteroatoms. The van der Waals surface area contributed by atoms with Crippen LogP contribution in [0, 0.1) is 5.82 Å². The van der Waals surface area contributed by atoms with Crippen molar-refractivity contribution in [3.8, 4) is 0 Å². The molecule has 0 bridgehead atoms. The van der Waals surface area contributed by atoms with Crippen LogP contribution in [0.5, 0.6) is 0 Å². The van der Waals surface area contributed by atoms with Crippen LogP contribution in [0.15, 0.2) is 42.5 Å². The van der Waals surface area contributed by atoms with E-state index in [0.29, 0.717) is 41.8 Å². The summed E-state index contributed by atoms with van der Waals surface area (Å²) in [7, 11) is 0. The maximum Gasteiger partial charge on any atom is 0.227 e. The Labute approximate surface area is 150 Å². The Morgan fingerprint density at radius 1 is 1.00 bits per heavy atom. The molecule has 24 heavy (non-hydrogen) atoms. The van der Waals surface area contributed by atoms with E-state index in [0.717, 1.165) is 5.69 Å². The van der Waals surface area contributed by atoms with Gasteiger partial charge in [0.25, 0.3) is 0 Å². The van der Waals surface area contributed by atoms with E-state index in [9.17, 15) is 9.18 Å². The summed E-state index contributed by atoms with van der Waals surface area (Å²) < 4.78 is 13.7.